The summed E-state index contributed by atoms with van der Waals surface area (Å²) >= 11 is 0. The number of unbranched alkanes of at least 4 members (excludes halogenated alkanes) is 7. The number of benzene rings is 1. The third-order valence-corrected chi connectivity index (χ3v) is 5.09. The zero-order chi connectivity index (χ0) is 19.2. The zero-order valence-electron chi connectivity index (χ0n) is 17.1. The van der Waals surface area contributed by atoms with Crippen LogP contribution in [0.1, 0.15) is 113 Å². The van der Waals surface area contributed by atoms with Crippen LogP contribution in [0.5, 0.6) is 5.75 Å². The normalized spacial score (nSPS) is 12.1. The molecule has 0 fully saturated rings. The lowest BCUT2D eigenvalue weighted by atomic mass is 9.91. The van der Waals surface area contributed by atoms with Crippen molar-refractivity contribution in [3.63, 3.8) is 0 Å². The van der Waals surface area contributed by atoms with Gasteiger partial charge in [0.05, 0.1) is 6.61 Å². The molecule has 0 aromatic heterocycles. The summed E-state index contributed by atoms with van der Waals surface area (Å²) in [4.78, 5) is 11.5. The lowest BCUT2D eigenvalue weighted by Gasteiger charge is -2.17. The van der Waals surface area contributed by atoms with Crippen molar-refractivity contribution in [2.75, 3.05) is 6.61 Å². The van der Waals surface area contributed by atoms with Crippen LogP contribution in [0, 0.1) is 0 Å². The van der Waals surface area contributed by atoms with Gasteiger partial charge in [-0.25, -0.2) is 4.79 Å². The molecule has 0 saturated heterocycles. The summed E-state index contributed by atoms with van der Waals surface area (Å²) in [6.07, 6.45) is 13.3. The third-order valence-electron chi connectivity index (χ3n) is 5.09. The maximum atomic E-state index is 11.5. The van der Waals surface area contributed by atoms with Gasteiger partial charge in [-0.05, 0) is 42.9 Å². The van der Waals surface area contributed by atoms with E-state index in [1.54, 1.807) is 6.07 Å². The standard InChI is InChI=1S/C23H38O3/c1-4-7-8-9-10-11-12-13-17-26-22-18-20(19(6-3)14-5-2)15-16-21(22)23(24)25/h15-16,18-19H,4-14,17H2,1-3H3,(H,24,25). The van der Waals surface area contributed by atoms with Crippen molar-refractivity contribution < 1.29 is 14.6 Å². The van der Waals surface area contributed by atoms with Gasteiger partial charge in [0.1, 0.15) is 11.3 Å². The number of aromatic carboxylic acids is 1. The maximum Gasteiger partial charge on any atom is 0.339 e. The lowest BCUT2D eigenvalue weighted by Crippen LogP contribution is -2.07. The molecule has 1 rings (SSSR count). The predicted molar refractivity (Wildman–Crippen MR) is 109 cm³/mol. The fourth-order valence-corrected chi connectivity index (χ4v) is 3.46. The van der Waals surface area contributed by atoms with Crippen molar-refractivity contribution in [2.24, 2.45) is 0 Å². The number of ether oxygens (including phenoxy) is 1. The van der Waals surface area contributed by atoms with Crippen LogP contribution in [0.15, 0.2) is 18.2 Å². The summed E-state index contributed by atoms with van der Waals surface area (Å²) in [7, 11) is 0. The molecule has 26 heavy (non-hydrogen) atoms. The molecule has 0 amide bonds. The molecule has 1 N–H and O–H groups in total. The molecule has 0 aliphatic carbocycles. The van der Waals surface area contributed by atoms with Crippen LogP contribution < -0.4 is 4.74 Å². The zero-order valence-corrected chi connectivity index (χ0v) is 17.1. The Balaban J connectivity index is 2.51. The van der Waals surface area contributed by atoms with Gasteiger partial charge >= 0.3 is 5.97 Å². The molecule has 0 heterocycles. The van der Waals surface area contributed by atoms with Gasteiger partial charge in [0, 0.05) is 0 Å². The Morgan fingerprint density at radius 1 is 0.962 bits per heavy atom. The smallest absolute Gasteiger partial charge is 0.339 e. The van der Waals surface area contributed by atoms with Crippen molar-refractivity contribution in [2.45, 2.75) is 97.3 Å². The summed E-state index contributed by atoms with van der Waals surface area (Å²) in [5, 5.41) is 9.42. The van der Waals surface area contributed by atoms with Gasteiger partial charge < -0.3 is 9.84 Å². The molecule has 1 unspecified atom stereocenters. The van der Waals surface area contributed by atoms with Crippen LogP contribution in [0.4, 0.5) is 0 Å². The van der Waals surface area contributed by atoms with E-state index in [1.807, 2.05) is 12.1 Å². The van der Waals surface area contributed by atoms with E-state index in [4.69, 9.17) is 4.74 Å². The molecule has 0 aliphatic heterocycles. The van der Waals surface area contributed by atoms with Gasteiger partial charge in [-0.2, -0.15) is 0 Å². The second kappa shape index (κ2) is 13.7. The molecule has 3 nitrogen and oxygen atoms in total. The first-order valence-electron chi connectivity index (χ1n) is 10.6. The molecule has 0 saturated carbocycles. The highest BCUT2D eigenvalue weighted by Gasteiger charge is 2.15. The second-order valence-electron chi connectivity index (χ2n) is 7.28. The van der Waals surface area contributed by atoms with Crippen LogP contribution in [-0.4, -0.2) is 17.7 Å². The molecular weight excluding hydrogens is 324 g/mol. The minimum Gasteiger partial charge on any atom is -0.493 e. The van der Waals surface area contributed by atoms with E-state index in [-0.39, 0.29) is 5.56 Å². The van der Waals surface area contributed by atoms with Crippen molar-refractivity contribution in [1.29, 1.82) is 0 Å². The predicted octanol–water partition coefficient (Wildman–Crippen LogP) is 7.20. The topological polar surface area (TPSA) is 46.5 Å². The Labute approximate surface area is 160 Å². The first-order valence-corrected chi connectivity index (χ1v) is 10.6. The summed E-state index contributed by atoms with van der Waals surface area (Å²) < 4.78 is 5.88. The van der Waals surface area contributed by atoms with E-state index in [0.717, 1.165) is 32.1 Å². The number of hydrogen-bond donors (Lipinski definition) is 1. The van der Waals surface area contributed by atoms with E-state index in [2.05, 4.69) is 20.8 Å². The largest absolute Gasteiger partial charge is 0.493 e. The second-order valence-corrected chi connectivity index (χ2v) is 7.28. The van der Waals surface area contributed by atoms with Crippen LogP contribution >= 0.6 is 0 Å². The number of carboxylic acid groups (broad SMARTS) is 1. The molecule has 0 spiro atoms. The van der Waals surface area contributed by atoms with E-state index in [9.17, 15) is 9.90 Å². The van der Waals surface area contributed by atoms with Gasteiger partial charge in [0.15, 0.2) is 0 Å². The van der Waals surface area contributed by atoms with E-state index < -0.39 is 5.97 Å². The molecule has 1 aromatic carbocycles. The first-order chi connectivity index (χ1) is 12.6. The summed E-state index contributed by atoms with van der Waals surface area (Å²) in [6, 6.07) is 5.62. The molecule has 0 radical (unpaired) electrons. The summed E-state index contributed by atoms with van der Waals surface area (Å²) in [6.45, 7) is 7.21. The summed E-state index contributed by atoms with van der Waals surface area (Å²) in [5.74, 6) is 0.104. The van der Waals surface area contributed by atoms with Crippen LogP contribution in [-0.2, 0) is 0 Å². The third kappa shape index (κ3) is 8.25. The lowest BCUT2D eigenvalue weighted by molar-refractivity contribution is 0.0692. The molecule has 3 heteroatoms. The SMILES string of the molecule is CCCCCCCCCCOc1cc(C(CC)CCC)ccc1C(=O)O. The average molecular weight is 363 g/mol. The Morgan fingerprint density at radius 2 is 1.62 bits per heavy atom. The molecule has 1 atom stereocenters. The number of rotatable bonds is 15. The van der Waals surface area contributed by atoms with Gasteiger partial charge in [0.25, 0.3) is 0 Å². The Hall–Kier alpha value is -1.51. The van der Waals surface area contributed by atoms with Crippen molar-refractivity contribution in [1.82, 2.24) is 0 Å². The minimum atomic E-state index is -0.911. The number of hydrogen-bond acceptors (Lipinski definition) is 2. The Bertz CT molecular complexity index is 510. The molecule has 0 aliphatic rings. The van der Waals surface area contributed by atoms with Crippen molar-refractivity contribution in [3.05, 3.63) is 29.3 Å². The van der Waals surface area contributed by atoms with E-state index in [0.29, 0.717) is 18.3 Å². The van der Waals surface area contributed by atoms with E-state index in [1.165, 1.54) is 44.1 Å². The van der Waals surface area contributed by atoms with Crippen molar-refractivity contribution >= 4 is 5.97 Å². The molecule has 1 aromatic rings. The number of carboxylic acids is 1. The van der Waals surface area contributed by atoms with Gasteiger partial charge in [-0.3, -0.25) is 0 Å². The van der Waals surface area contributed by atoms with Crippen LogP contribution in [0.3, 0.4) is 0 Å². The van der Waals surface area contributed by atoms with Crippen LogP contribution in [0.25, 0.3) is 0 Å². The van der Waals surface area contributed by atoms with Crippen molar-refractivity contribution in [3.8, 4) is 5.75 Å². The fraction of sp³-hybridized carbons (Fsp3) is 0.696. The quantitative estimate of drug-likeness (QED) is 0.336. The monoisotopic (exact) mass is 362 g/mol. The van der Waals surface area contributed by atoms with Gasteiger partial charge in [-0.1, -0.05) is 78.2 Å². The van der Waals surface area contributed by atoms with Gasteiger partial charge in [0.2, 0.25) is 0 Å². The Morgan fingerprint density at radius 3 is 2.19 bits per heavy atom. The highest BCUT2D eigenvalue weighted by atomic mass is 16.5. The molecule has 0 bridgehead atoms. The highest BCUT2D eigenvalue weighted by Crippen LogP contribution is 2.30. The summed E-state index contributed by atoms with van der Waals surface area (Å²) in [5.41, 5.74) is 1.48. The highest BCUT2D eigenvalue weighted by molar-refractivity contribution is 5.91. The number of carbonyl (C=O) groups is 1. The molecule has 148 valence electrons. The fourth-order valence-electron chi connectivity index (χ4n) is 3.46. The van der Waals surface area contributed by atoms with Gasteiger partial charge in [-0.15, -0.1) is 0 Å². The molecular formula is C23H38O3. The van der Waals surface area contributed by atoms with Crippen LogP contribution in [0.2, 0.25) is 0 Å². The first kappa shape index (κ1) is 22.5. The maximum absolute atomic E-state index is 11.5. The average Bonchev–Trinajstić information content (AvgIpc) is 2.64. The minimum absolute atomic E-state index is 0.277. The van der Waals surface area contributed by atoms with E-state index >= 15 is 0 Å². The Kier molecular flexibility index (Phi) is 11.8.